The molecular formula is C14H20Cl2N2O2. The van der Waals surface area contributed by atoms with Crippen molar-refractivity contribution >= 4 is 29.6 Å². The Kier molecular flexibility index (Phi) is 7.73. The van der Waals surface area contributed by atoms with Gasteiger partial charge in [-0.2, -0.15) is 0 Å². The van der Waals surface area contributed by atoms with E-state index in [0.717, 1.165) is 12.0 Å². The van der Waals surface area contributed by atoms with Gasteiger partial charge in [0, 0.05) is 38.3 Å². The van der Waals surface area contributed by atoms with Crippen LogP contribution in [0.3, 0.4) is 0 Å². The van der Waals surface area contributed by atoms with E-state index in [0.29, 0.717) is 31.3 Å². The Morgan fingerprint density at radius 1 is 1.20 bits per heavy atom. The number of alkyl halides is 2. The number of hydrogen-bond acceptors (Lipinski definition) is 3. The number of nitrogens with zero attached hydrogens (tertiary/aromatic N) is 2. The molecule has 0 radical (unpaired) electrons. The van der Waals surface area contributed by atoms with E-state index in [1.54, 1.807) is 24.1 Å². The second-order valence-corrected chi connectivity index (χ2v) is 5.29. The molecule has 0 saturated heterocycles. The normalized spacial score (nSPS) is 12.4. The first kappa shape index (κ1) is 17.1. The van der Waals surface area contributed by atoms with E-state index < -0.39 is 0 Å². The number of carbonyl (C=O) groups excluding carboxylic acids is 1. The van der Waals surface area contributed by atoms with Gasteiger partial charge in [0.15, 0.2) is 0 Å². The van der Waals surface area contributed by atoms with Gasteiger partial charge in [0.25, 0.3) is 0 Å². The van der Waals surface area contributed by atoms with Gasteiger partial charge < -0.3 is 10.0 Å². The van der Waals surface area contributed by atoms with Crippen LogP contribution in [-0.2, 0) is 11.2 Å². The summed E-state index contributed by atoms with van der Waals surface area (Å²) in [5.74, 6) is 1.19. The Bertz CT molecular complexity index is 395. The molecule has 1 N–H and O–H groups in total. The molecule has 0 aliphatic heterocycles. The monoisotopic (exact) mass is 318 g/mol. The van der Waals surface area contributed by atoms with Gasteiger partial charge in [-0.1, -0.05) is 12.1 Å². The number of likely N-dealkylation sites (N-methyl/N-ethyl adjacent to an activating group) is 1. The zero-order valence-electron chi connectivity index (χ0n) is 11.5. The number of hydrogen-bond donors (Lipinski definition) is 1. The summed E-state index contributed by atoms with van der Waals surface area (Å²) < 4.78 is 0. The molecule has 20 heavy (non-hydrogen) atoms. The molecule has 1 aromatic carbocycles. The summed E-state index contributed by atoms with van der Waals surface area (Å²) >= 11 is 11.6. The van der Waals surface area contributed by atoms with Crippen LogP contribution in [0.25, 0.3) is 0 Å². The van der Waals surface area contributed by atoms with Crippen molar-refractivity contribution in [2.24, 2.45) is 0 Å². The average molecular weight is 319 g/mol. The molecule has 1 aromatic rings. The highest BCUT2D eigenvalue weighted by molar-refractivity contribution is 6.18. The third-order valence-electron chi connectivity index (χ3n) is 3.16. The molecule has 0 spiro atoms. The summed E-state index contributed by atoms with van der Waals surface area (Å²) in [4.78, 5) is 14.8. The van der Waals surface area contributed by atoms with Gasteiger partial charge in [0.05, 0.1) is 6.17 Å². The quantitative estimate of drug-likeness (QED) is 0.431. The summed E-state index contributed by atoms with van der Waals surface area (Å²) in [5, 5.41) is 9.31. The van der Waals surface area contributed by atoms with E-state index in [4.69, 9.17) is 23.2 Å². The van der Waals surface area contributed by atoms with Crippen LogP contribution in [0.15, 0.2) is 24.3 Å². The smallest absolute Gasteiger partial charge is 0.210 e. The van der Waals surface area contributed by atoms with E-state index >= 15 is 0 Å². The van der Waals surface area contributed by atoms with Crippen LogP contribution in [0, 0.1) is 0 Å². The molecule has 1 rings (SSSR count). The number of carbonyl (C=O) groups is 1. The van der Waals surface area contributed by atoms with Crippen LogP contribution in [0.2, 0.25) is 0 Å². The van der Waals surface area contributed by atoms with Crippen molar-refractivity contribution in [3.05, 3.63) is 29.8 Å². The molecule has 1 atom stereocenters. The molecule has 0 fully saturated rings. The maximum atomic E-state index is 11.1. The second kappa shape index (κ2) is 9.06. The topological polar surface area (TPSA) is 43.8 Å². The standard InChI is InChI=1S/C14H20Cl2N2O2/c1-17(11-19)14(18(8-6-15)9-7-16)10-12-2-4-13(20)5-3-12/h2-5,11,14,20H,6-10H2,1H3. The molecule has 0 aliphatic rings. The lowest BCUT2D eigenvalue weighted by Gasteiger charge is -2.35. The highest BCUT2D eigenvalue weighted by Gasteiger charge is 2.21. The van der Waals surface area contributed by atoms with Crippen LogP contribution in [0.1, 0.15) is 5.56 Å². The lowest BCUT2D eigenvalue weighted by atomic mass is 10.1. The highest BCUT2D eigenvalue weighted by Crippen LogP contribution is 2.15. The lowest BCUT2D eigenvalue weighted by molar-refractivity contribution is -0.122. The van der Waals surface area contributed by atoms with Crippen molar-refractivity contribution in [1.82, 2.24) is 9.80 Å². The second-order valence-electron chi connectivity index (χ2n) is 4.54. The fraction of sp³-hybridized carbons (Fsp3) is 0.500. The Hall–Kier alpha value is -0.970. The maximum Gasteiger partial charge on any atom is 0.210 e. The highest BCUT2D eigenvalue weighted by atomic mass is 35.5. The molecule has 0 bridgehead atoms. The van der Waals surface area contributed by atoms with Gasteiger partial charge in [-0.15, -0.1) is 23.2 Å². The molecule has 1 unspecified atom stereocenters. The van der Waals surface area contributed by atoms with Crippen molar-refractivity contribution in [2.75, 3.05) is 31.9 Å². The van der Waals surface area contributed by atoms with E-state index in [9.17, 15) is 9.90 Å². The van der Waals surface area contributed by atoms with Crippen molar-refractivity contribution in [3.8, 4) is 5.75 Å². The zero-order valence-corrected chi connectivity index (χ0v) is 13.0. The fourth-order valence-electron chi connectivity index (χ4n) is 2.07. The first-order valence-corrected chi connectivity index (χ1v) is 7.50. The number of halogens is 2. The van der Waals surface area contributed by atoms with Crippen molar-refractivity contribution in [3.63, 3.8) is 0 Å². The Labute approximate surface area is 129 Å². The summed E-state index contributed by atoms with van der Waals surface area (Å²) in [6.07, 6.45) is 1.36. The molecule has 1 amide bonds. The van der Waals surface area contributed by atoms with Crippen LogP contribution in [0.5, 0.6) is 5.75 Å². The largest absolute Gasteiger partial charge is 0.508 e. The maximum absolute atomic E-state index is 11.1. The van der Waals surface area contributed by atoms with Crippen LogP contribution >= 0.6 is 23.2 Å². The number of benzene rings is 1. The summed E-state index contributed by atoms with van der Waals surface area (Å²) in [6, 6.07) is 6.97. The number of rotatable bonds is 9. The Balaban J connectivity index is 2.86. The molecule has 6 heteroatoms. The number of phenolic OH excluding ortho intramolecular Hbond substituents is 1. The molecule has 0 heterocycles. The summed E-state index contributed by atoms with van der Waals surface area (Å²) in [6.45, 7) is 1.32. The van der Waals surface area contributed by atoms with E-state index in [1.165, 1.54) is 0 Å². The number of phenols is 1. The minimum Gasteiger partial charge on any atom is -0.508 e. The minimum atomic E-state index is -0.102. The third-order valence-corrected chi connectivity index (χ3v) is 3.49. The van der Waals surface area contributed by atoms with Gasteiger partial charge in [-0.25, -0.2) is 0 Å². The molecule has 4 nitrogen and oxygen atoms in total. The van der Waals surface area contributed by atoms with E-state index in [-0.39, 0.29) is 11.9 Å². The van der Waals surface area contributed by atoms with Gasteiger partial charge in [-0.05, 0) is 17.7 Å². The van der Waals surface area contributed by atoms with Crippen molar-refractivity contribution in [2.45, 2.75) is 12.6 Å². The summed E-state index contributed by atoms with van der Waals surface area (Å²) in [5.41, 5.74) is 1.04. The average Bonchev–Trinajstić information content (AvgIpc) is 2.46. The molecular weight excluding hydrogens is 299 g/mol. The Morgan fingerprint density at radius 3 is 2.20 bits per heavy atom. The molecule has 0 saturated carbocycles. The first-order chi connectivity index (χ1) is 9.62. The Morgan fingerprint density at radius 2 is 1.75 bits per heavy atom. The minimum absolute atomic E-state index is 0.102. The first-order valence-electron chi connectivity index (χ1n) is 6.43. The van der Waals surface area contributed by atoms with Crippen molar-refractivity contribution in [1.29, 1.82) is 0 Å². The van der Waals surface area contributed by atoms with Crippen LogP contribution in [0.4, 0.5) is 0 Å². The predicted octanol–water partition coefficient (Wildman–Crippen LogP) is 2.13. The van der Waals surface area contributed by atoms with Gasteiger partial charge in [0.1, 0.15) is 5.75 Å². The predicted molar refractivity (Wildman–Crippen MR) is 82.4 cm³/mol. The molecule has 112 valence electrons. The zero-order chi connectivity index (χ0) is 15.0. The number of aromatic hydroxyl groups is 1. The van der Waals surface area contributed by atoms with Gasteiger partial charge in [0.2, 0.25) is 6.41 Å². The van der Waals surface area contributed by atoms with Crippen molar-refractivity contribution < 1.29 is 9.90 Å². The van der Waals surface area contributed by atoms with E-state index in [1.807, 2.05) is 12.1 Å². The number of amides is 1. The lowest BCUT2D eigenvalue weighted by Crippen LogP contribution is -2.49. The summed E-state index contributed by atoms with van der Waals surface area (Å²) in [7, 11) is 1.74. The molecule has 0 aromatic heterocycles. The van der Waals surface area contributed by atoms with Crippen LogP contribution in [-0.4, -0.2) is 59.4 Å². The fourth-order valence-corrected chi connectivity index (χ4v) is 2.50. The van der Waals surface area contributed by atoms with Crippen LogP contribution < -0.4 is 0 Å². The van der Waals surface area contributed by atoms with Gasteiger partial charge in [-0.3, -0.25) is 9.69 Å². The van der Waals surface area contributed by atoms with Gasteiger partial charge >= 0.3 is 0 Å². The molecule has 0 aliphatic carbocycles. The van der Waals surface area contributed by atoms with E-state index in [2.05, 4.69) is 4.90 Å². The SMILES string of the molecule is CN(C=O)C(Cc1ccc(O)cc1)N(CCCl)CCCl. The third kappa shape index (κ3) is 5.19.